The first-order valence-corrected chi connectivity index (χ1v) is 5.93. The second-order valence-corrected chi connectivity index (χ2v) is 4.91. The summed E-state index contributed by atoms with van der Waals surface area (Å²) >= 11 is 0. The van der Waals surface area contributed by atoms with Crippen molar-refractivity contribution in [1.82, 2.24) is 4.90 Å². The van der Waals surface area contributed by atoms with Gasteiger partial charge in [0.2, 0.25) is 0 Å². The largest absolute Gasteiger partial charge is 0.341 e. The highest BCUT2D eigenvalue weighted by Gasteiger charge is 2.28. The molecule has 1 aliphatic rings. The molecule has 98 valence electrons. The summed E-state index contributed by atoms with van der Waals surface area (Å²) in [5.41, 5.74) is 5.57. The highest BCUT2D eigenvalue weighted by atomic mass is 19.1. The second kappa shape index (κ2) is 5.02. The Balaban J connectivity index is 2.01. The maximum atomic E-state index is 13.4. The molecule has 18 heavy (non-hydrogen) atoms. The number of amides is 1. The highest BCUT2D eigenvalue weighted by molar-refractivity contribution is 5.94. The third-order valence-electron chi connectivity index (χ3n) is 3.31. The molecule has 1 amide bonds. The van der Waals surface area contributed by atoms with E-state index < -0.39 is 17.5 Å². The van der Waals surface area contributed by atoms with Gasteiger partial charge in [-0.3, -0.25) is 4.79 Å². The van der Waals surface area contributed by atoms with Gasteiger partial charge in [-0.1, -0.05) is 0 Å². The third-order valence-corrected chi connectivity index (χ3v) is 3.31. The predicted molar refractivity (Wildman–Crippen MR) is 64.0 cm³/mol. The van der Waals surface area contributed by atoms with Crippen molar-refractivity contribution >= 4 is 5.91 Å². The third kappa shape index (κ3) is 2.67. The zero-order valence-electron chi connectivity index (χ0n) is 10.2. The van der Waals surface area contributed by atoms with Gasteiger partial charge in [0.15, 0.2) is 0 Å². The lowest BCUT2D eigenvalue weighted by Crippen LogP contribution is -2.43. The fourth-order valence-electron chi connectivity index (χ4n) is 2.28. The highest BCUT2D eigenvalue weighted by Crippen LogP contribution is 2.26. The van der Waals surface area contributed by atoms with E-state index in [0.29, 0.717) is 12.5 Å². The molecule has 2 N–H and O–H groups in total. The van der Waals surface area contributed by atoms with Crippen LogP contribution in [0.1, 0.15) is 23.2 Å². The fraction of sp³-hybridized carbons (Fsp3) is 0.462. The molecule has 5 heteroatoms. The van der Waals surface area contributed by atoms with E-state index in [9.17, 15) is 13.6 Å². The smallest absolute Gasteiger partial charge is 0.256 e. The lowest BCUT2D eigenvalue weighted by atomic mass is 9.80. The van der Waals surface area contributed by atoms with Gasteiger partial charge >= 0.3 is 0 Å². The average Bonchev–Trinajstić information content (AvgIpc) is 2.26. The molecule has 0 heterocycles. The van der Waals surface area contributed by atoms with Gasteiger partial charge in [-0.2, -0.15) is 0 Å². The zero-order valence-corrected chi connectivity index (χ0v) is 10.2. The Morgan fingerprint density at radius 2 is 2.11 bits per heavy atom. The Kier molecular flexibility index (Phi) is 3.61. The summed E-state index contributed by atoms with van der Waals surface area (Å²) in [6.07, 6.45) is 1.78. The van der Waals surface area contributed by atoms with E-state index in [1.165, 1.54) is 11.0 Å². The van der Waals surface area contributed by atoms with Gasteiger partial charge in [-0.05, 0) is 30.9 Å². The van der Waals surface area contributed by atoms with E-state index in [0.717, 1.165) is 25.0 Å². The molecule has 1 saturated carbocycles. The molecule has 1 fully saturated rings. The molecule has 1 aromatic carbocycles. The van der Waals surface area contributed by atoms with Gasteiger partial charge in [0.05, 0.1) is 5.56 Å². The summed E-state index contributed by atoms with van der Waals surface area (Å²) in [6, 6.07) is 3.21. The van der Waals surface area contributed by atoms with E-state index >= 15 is 0 Å². The average molecular weight is 254 g/mol. The SMILES string of the molecule is CN(CC1CC(N)C1)C(=O)c1ccc(F)cc1F. The van der Waals surface area contributed by atoms with Gasteiger partial charge in [-0.25, -0.2) is 8.78 Å². The summed E-state index contributed by atoms with van der Waals surface area (Å²) in [5, 5.41) is 0. The minimum atomic E-state index is -0.822. The van der Waals surface area contributed by atoms with Crippen molar-refractivity contribution in [2.45, 2.75) is 18.9 Å². The van der Waals surface area contributed by atoms with Crippen molar-refractivity contribution in [3.63, 3.8) is 0 Å². The molecular formula is C13H16F2N2O. The summed E-state index contributed by atoms with van der Waals surface area (Å²) in [4.78, 5) is 13.4. The minimum Gasteiger partial charge on any atom is -0.341 e. The molecule has 0 bridgehead atoms. The standard InChI is InChI=1S/C13H16F2N2O/c1-17(7-8-4-10(16)5-8)13(18)11-3-2-9(14)6-12(11)15/h2-3,6,8,10H,4-5,7,16H2,1H3. The lowest BCUT2D eigenvalue weighted by molar-refractivity contribution is 0.0729. The van der Waals surface area contributed by atoms with Crippen LogP contribution in [-0.2, 0) is 0 Å². The number of carbonyl (C=O) groups is 1. The number of benzene rings is 1. The van der Waals surface area contributed by atoms with Crippen molar-refractivity contribution in [3.05, 3.63) is 35.4 Å². The number of halogens is 2. The number of rotatable bonds is 3. The van der Waals surface area contributed by atoms with Gasteiger partial charge in [-0.15, -0.1) is 0 Å². The van der Waals surface area contributed by atoms with E-state index in [4.69, 9.17) is 5.73 Å². The lowest BCUT2D eigenvalue weighted by Gasteiger charge is -2.35. The minimum absolute atomic E-state index is 0.0949. The van der Waals surface area contributed by atoms with Crippen LogP contribution in [-0.4, -0.2) is 30.4 Å². The van der Waals surface area contributed by atoms with Crippen LogP contribution < -0.4 is 5.73 Å². The predicted octanol–water partition coefficient (Wildman–Crippen LogP) is 1.77. The van der Waals surface area contributed by atoms with Crippen LogP contribution in [0.5, 0.6) is 0 Å². The molecule has 0 spiro atoms. The monoisotopic (exact) mass is 254 g/mol. The first-order chi connectivity index (χ1) is 8.47. The Bertz CT molecular complexity index is 458. The molecule has 0 radical (unpaired) electrons. The number of nitrogens with zero attached hydrogens (tertiary/aromatic N) is 1. The number of nitrogens with two attached hydrogens (primary N) is 1. The van der Waals surface area contributed by atoms with E-state index in [1.54, 1.807) is 7.05 Å². The van der Waals surface area contributed by atoms with Crippen molar-refractivity contribution < 1.29 is 13.6 Å². The van der Waals surface area contributed by atoms with Crippen molar-refractivity contribution in [2.24, 2.45) is 11.7 Å². The van der Waals surface area contributed by atoms with Crippen LogP contribution >= 0.6 is 0 Å². The van der Waals surface area contributed by atoms with E-state index in [-0.39, 0.29) is 11.6 Å². The maximum absolute atomic E-state index is 13.4. The molecule has 2 rings (SSSR count). The summed E-state index contributed by atoms with van der Waals surface area (Å²) in [6.45, 7) is 0.559. The first kappa shape index (κ1) is 13.0. The van der Waals surface area contributed by atoms with E-state index in [2.05, 4.69) is 0 Å². The van der Waals surface area contributed by atoms with Crippen molar-refractivity contribution in [1.29, 1.82) is 0 Å². The Morgan fingerprint density at radius 1 is 1.44 bits per heavy atom. The van der Waals surface area contributed by atoms with Crippen LogP contribution in [0, 0.1) is 17.6 Å². The quantitative estimate of drug-likeness (QED) is 0.893. The van der Waals surface area contributed by atoms with Gasteiger partial charge < -0.3 is 10.6 Å². The molecular weight excluding hydrogens is 238 g/mol. The van der Waals surface area contributed by atoms with Crippen LogP contribution in [0.15, 0.2) is 18.2 Å². The molecule has 0 saturated heterocycles. The topological polar surface area (TPSA) is 46.3 Å². The molecule has 0 aliphatic heterocycles. The fourth-order valence-corrected chi connectivity index (χ4v) is 2.28. The first-order valence-electron chi connectivity index (χ1n) is 5.93. The summed E-state index contributed by atoms with van der Waals surface area (Å²) < 4.78 is 26.2. The van der Waals surface area contributed by atoms with Crippen LogP contribution in [0.3, 0.4) is 0 Å². The maximum Gasteiger partial charge on any atom is 0.256 e. The Hall–Kier alpha value is -1.49. The summed E-state index contributed by atoms with van der Waals surface area (Å²) in [7, 11) is 1.62. The van der Waals surface area contributed by atoms with Crippen molar-refractivity contribution in [3.8, 4) is 0 Å². The normalized spacial score (nSPS) is 22.4. The molecule has 0 atom stereocenters. The van der Waals surface area contributed by atoms with E-state index in [1.807, 2.05) is 0 Å². The zero-order chi connectivity index (χ0) is 13.3. The number of carbonyl (C=O) groups excluding carboxylic acids is 1. The van der Waals surface area contributed by atoms with Crippen LogP contribution in [0.4, 0.5) is 8.78 Å². The van der Waals surface area contributed by atoms with Gasteiger partial charge in [0, 0.05) is 25.7 Å². The molecule has 0 aromatic heterocycles. The van der Waals surface area contributed by atoms with Gasteiger partial charge in [0.25, 0.3) is 5.91 Å². The second-order valence-electron chi connectivity index (χ2n) is 4.91. The van der Waals surface area contributed by atoms with Crippen LogP contribution in [0.25, 0.3) is 0 Å². The number of hydrogen-bond donors (Lipinski definition) is 1. The van der Waals surface area contributed by atoms with Crippen LogP contribution in [0.2, 0.25) is 0 Å². The molecule has 1 aliphatic carbocycles. The Labute approximate surface area is 105 Å². The molecule has 1 aromatic rings. The number of hydrogen-bond acceptors (Lipinski definition) is 2. The molecule has 3 nitrogen and oxygen atoms in total. The van der Waals surface area contributed by atoms with Crippen molar-refractivity contribution in [2.75, 3.05) is 13.6 Å². The molecule has 0 unspecified atom stereocenters. The van der Waals surface area contributed by atoms with Gasteiger partial charge in [0.1, 0.15) is 11.6 Å². The summed E-state index contributed by atoms with van der Waals surface area (Å²) in [5.74, 6) is -1.54. The Morgan fingerprint density at radius 3 is 2.67 bits per heavy atom.